The van der Waals surface area contributed by atoms with Crippen molar-refractivity contribution in [3.63, 3.8) is 0 Å². The fourth-order valence-corrected chi connectivity index (χ4v) is 5.42. The molecule has 5 rings (SSSR count). The summed E-state index contributed by atoms with van der Waals surface area (Å²) in [6, 6.07) is 22.3. The molecule has 1 unspecified atom stereocenters. The number of likely N-dealkylation sites (N-methyl/N-ethyl adjacent to an activating group) is 1. The van der Waals surface area contributed by atoms with Gasteiger partial charge in [0.05, 0.1) is 0 Å². The van der Waals surface area contributed by atoms with Gasteiger partial charge < -0.3 is 19.9 Å². The highest BCUT2D eigenvalue weighted by Crippen LogP contribution is 2.22. The molecule has 40 heavy (non-hydrogen) atoms. The van der Waals surface area contributed by atoms with Crippen LogP contribution in [-0.2, 0) is 11.3 Å². The van der Waals surface area contributed by atoms with Crippen LogP contribution in [0.2, 0.25) is 0 Å². The Labute approximate surface area is 235 Å². The lowest BCUT2D eigenvalue weighted by Gasteiger charge is -2.34. The van der Waals surface area contributed by atoms with Crippen LogP contribution < -0.4 is 10.1 Å². The molecule has 2 saturated heterocycles. The van der Waals surface area contributed by atoms with E-state index in [1.54, 1.807) is 6.07 Å². The van der Waals surface area contributed by atoms with Gasteiger partial charge in [-0.1, -0.05) is 36.4 Å². The first kappa shape index (κ1) is 27.8. The lowest BCUT2D eigenvalue weighted by Crippen LogP contribution is -2.49. The van der Waals surface area contributed by atoms with E-state index in [1.807, 2.05) is 47.4 Å². The van der Waals surface area contributed by atoms with Crippen LogP contribution in [0.25, 0.3) is 11.1 Å². The fourth-order valence-electron chi connectivity index (χ4n) is 5.42. The van der Waals surface area contributed by atoms with E-state index >= 15 is 0 Å². The number of halogens is 1. The second kappa shape index (κ2) is 13.1. The Morgan fingerprint density at radius 2 is 1.77 bits per heavy atom. The van der Waals surface area contributed by atoms with Gasteiger partial charge in [0.2, 0.25) is 5.91 Å². The molecule has 0 radical (unpaired) electrons. The smallest absolute Gasteiger partial charge is 0.253 e. The molecule has 8 heteroatoms. The Hall–Kier alpha value is -3.75. The summed E-state index contributed by atoms with van der Waals surface area (Å²) in [5, 5.41) is 3.03. The van der Waals surface area contributed by atoms with Crippen molar-refractivity contribution in [3.05, 3.63) is 89.7 Å². The Morgan fingerprint density at radius 3 is 2.50 bits per heavy atom. The van der Waals surface area contributed by atoms with Gasteiger partial charge in [-0.05, 0) is 66.6 Å². The van der Waals surface area contributed by atoms with Crippen molar-refractivity contribution < 1.29 is 18.7 Å². The fraction of sp³-hybridized carbons (Fsp3) is 0.375. The number of nitrogens with one attached hydrogen (secondary N) is 1. The van der Waals surface area contributed by atoms with Crippen molar-refractivity contribution in [3.8, 4) is 16.9 Å². The van der Waals surface area contributed by atoms with E-state index in [4.69, 9.17) is 4.74 Å². The molecule has 3 aromatic rings. The number of nitrogens with zero attached hydrogens (tertiary/aromatic N) is 3. The SMILES string of the molecule is CN(Cc1cccc(OCCN2CCN(C(=O)c3ccc(-c4cccc(F)c4)cc3)CC2)c1)CC1CCC(=O)N1. The van der Waals surface area contributed by atoms with Gasteiger partial charge in [-0.25, -0.2) is 4.39 Å². The van der Waals surface area contributed by atoms with E-state index in [2.05, 4.69) is 34.3 Å². The van der Waals surface area contributed by atoms with Gasteiger partial charge in [0.25, 0.3) is 5.91 Å². The lowest BCUT2D eigenvalue weighted by atomic mass is 10.0. The van der Waals surface area contributed by atoms with Gasteiger partial charge in [-0.3, -0.25) is 14.5 Å². The molecule has 0 bridgehead atoms. The quantitative estimate of drug-likeness (QED) is 0.418. The van der Waals surface area contributed by atoms with Crippen molar-refractivity contribution in [1.82, 2.24) is 20.0 Å². The summed E-state index contributed by atoms with van der Waals surface area (Å²) in [7, 11) is 2.07. The molecular formula is C32H37FN4O3. The summed E-state index contributed by atoms with van der Waals surface area (Å²) in [5.74, 6) is 0.759. The number of hydrogen-bond donors (Lipinski definition) is 1. The number of hydrogen-bond acceptors (Lipinski definition) is 5. The van der Waals surface area contributed by atoms with Crippen molar-refractivity contribution in [1.29, 1.82) is 0 Å². The van der Waals surface area contributed by atoms with Crippen LogP contribution in [-0.4, -0.2) is 85.5 Å². The standard InChI is InChI=1S/C32H37FN4O3/c1-35(23-29-12-13-31(38)34-29)22-24-4-2-7-30(20-24)40-19-18-36-14-16-37(17-15-36)32(39)26-10-8-25(9-11-26)27-5-3-6-28(33)21-27/h2-11,20-21,29H,12-19,22-23H2,1H3,(H,34,38). The van der Waals surface area contributed by atoms with Crippen LogP contribution in [0.5, 0.6) is 5.75 Å². The summed E-state index contributed by atoms with van der Waals surface area (Å²) in [6.07, 6.45) is 1.53. The molecule has 2 heterocycles. The largest absolute Gasteiger partial charge is 0.492 e. The summed E-state index contributed by atoms with van der Waals surface area (Å²) >= 11 is 0. The lowest BCUT2D eigenvalue weighted by molar-refractivity contribution is -0.119. The monoisotopic (exact) mass is 544 g/mol. The van der Waals surface area contributed by atoms with E-state index in [0.717, 1.165) is 56.0 Å². The molecule has 2 fully saturated rings. The van der Waals surface area contributed by atoms with E-state index < -0.39 is 0 Å². The summed E-state index contributed by atoms with van der Waals surface area (Å²) in [4.78, 5) is 30.9. The molecule has 3 aromatic carbocycles. The minimum atomic E-state index is -0.273. The zero-order chi connectivity index (χ0) is 27.9. The van der Waals surface area contributed by atoms with E-state index in [-0.39, 0.29) is 23.7 Å². The number of carbonyl (C=O) groups is 2. The first-order chi connectivity index (χ1) is 19.4. The van der Waals surface area contributed by atoms with Crippen molar-refractivity contribution in [2.24, 2.45) is 0 Å². The number of benzene rings is 3. The zero-order valence-corrected chi connectivity index (χ0v) is 23.0. The molecule has 2 aliphatic rings. The van der Waals surface area contributed by atoms with Crippen LogP contribution in [0.4, 0.5) is 4.39 Å². The van der Waals surface area contributed by atoms with Crippen molar-refractivity contribution >= 4 is 11.8 Å². The number of amides is 2. The number of rotatable bonds is 10. The molecule has 0 spiro atoms. The van der Waals surface area contributed by atoms with E-state index in [1.165, 1.54) is 17.7 Å². The molecule has 7 nitrogen and oxygen atoms in total. The average Bonchev–Trinajstić information content (AvgIpc) is 3.37. The van der Waals surface area contributed by atoms with Crippen LogP contribution in [0.15, 0.2) is 72.8 Å². The Kier molecular flexibility index (Phi) is 9.08. The van der Waals surface area contributed by atoms with Gasteiger partial charge in [0.1, 0.15) is 18.2 Å². The minimum Gasteiger partial charge on any atom is -0.492 e. The van der Waals surface area contributed by atoms with Gasteiger partial charge in [-0.15, -0.1) is 0 Å². The number of ether oxygens (including phenoxy) is 1. The summed E-state index contributed by atoms with van der Waals surface area (Å²) < 4.78 is 19.6. The number of piperazine rings is 1. The first-order valence-electron chi connectivity index (χ1n) is 14.0. The second-order valence-corrected chi connectivity index (χ2v) is 10.7. The molecule has 2 amide bonds. The third-order valence-corrected chi connectivity index (χ3v) is 7.59. The Balaban J connectivity index is 1.03. The van der Waals surface area contributed by atoms with Crippen LogP contribution >= 0.6 is 0 Å². The highest BCUT2D eigenvalue weighted by Gasteiger charge is 2.23. The third kappa shape index (κ3) is 7.46. The van der Waals surface area contributed by atoms with Gasteiger partial charge >= 0.3 is 0 Å². The Bertz CT molecular complexity index is 1310. The number of carbonyl (C=O) groups excluding carboxylic acids is 2. The first-order valence-corrected chi connectivity index (χ1v) is 14.0. The maximum Gasteiger partial charge on any atom is 0.253 e. The molecule has 0 aromatic heterocycles. The predicted octanol–water partition coefficient (Wildman–Crippen LogP) is 4.04. The Morgan fingerprint density at radius 1 is 1.00 bits per heavy atom. The molecular weight excluding hydrogens is 507 g/mol. The third-order valence-electron chi connectivity index (χ3n) is 7.59. The van der Waals surface area contributed by atoms with Gasteiger partial charge in [0.15, 0.2) is 0 Å². The second-order valence-electron chi connectivity index (χ2n) is 10.7. The average molecular weight is 545 g/mol. The topological polar surface area (TPSA) is 65.1 Å². The molecule has 210 valence electrons. The molecule has 2 aliphatic heterocycles. The maximum absolute atomic E-state index is 13.5. The minimum absolute atomic E-state index is 0.0267. The van der Waals surface area contributed by atoms with Crippen molar-refractivity contribution in [2.45, 2.75) is 25.4 Å². The molecule has 0 aliphatic carbocycles. The van der Waals surface area contributed by atoms with E-state index in [0.29, 0.717) is 31.7 Å². The van der Waals surface area contributed by atoms with Crippen LogP contribution in [0.3, 0.4) is 0 Å². The normalized spacial score (nSPS) is 17.7. The van der Waals surface area contributed by atoms with E-state index in [9.17, 15) is 14.0 Å². The molecule has 1 atom stereocenters. The van der Waals surface area contributed by atoms with Crippen LogP contribution in [0.1, 0.15) is 28.8 Å². The van der Waals surface area contributed by atoms with Gasteiger partial charge in [0, 0.05) is 63.8 Å². The van der Waals surface area contributed by atoms with Crippen molar-refractivity contribution in [2.75, 3.05) is 52.9 Å². The highest BCUT2D eigenvalue weighted by molar-refractivity contribution is 5.94. The summed E-state index contributed by atoms with van der Waals surface area (Å²) in [6.45, 7) is 5.98. The zero-order valence-electron chi connectivity index (χ0n) is 23.0. The summed E-state index contributed by atoms with van der Waals surface area (Å²) in [5.41, 5.74) is 3.51. The maximum atomic E-state index is 13.5. The predicted molar refractivity (Wildman–Crippen MR) is 154 cm³/mol. The highest BCUT2D eigenvalue weighted by atomic mass is 19.1. The molecule has 0 saturated carbocycles. The molecule has 1 N–H and O–H groups in total. The van der Waals surface area contributed by atoms with Gasteiger partial charge in [-0.2, -0.15) is 0 Å². The van der Waals surface area contributed by atoms with Crippen LogP contribution in [0, 0.1) is 5.82 Å².